The SMILES string of the molecule is c1ccc2cc3c(cc2c1)c1cc2c4ccccc4n4c5ccccc5c(c1n3-c1nc(-n3c5ccccc5c5ccccc53)c3sc5ccccc5c3n1)c24. The van der Waals surface area contributed by atoms with Crippen molar-refractivity contribution in [1.82, 2.24) is 23.5 Å². The van der Waals surface area contributed by atoms with Gasteiger partial charge in [-0.1, -0.05) is 115 Å². The highest BCUT2D eigenvalue weighted by molar-refractivity contribution is 7.26. The molecular weight excluding hydrogens is 703 g/mol. The Morgan fingerprint density at radius 2 is 0.946 bits per heavy atom. The molecule has 0 unspecified atom stereocenters. The van der Waals surface area contributed by atoms with Crippen LogP contribution in [-0.2, 0) is 0 Å². The minimum Gasteiger partial charge on any atom is -0.308 e. The first-order valence-corrected chi connectivity index (χ1v) is 19.8. The summed E-state index contributed by atoms with van der Waals surface area (Å²) in [6, 6.07) is 59.6. The van der Waals surface area contributed by atoms with Gasteiger partial charge in [0, 0.05) is 53.2 Å². The minimum atomic E-state index is 0.663. The lowest BCUT2D eigenvalue weighted by Crippen LogP contribution is -2.06. The maximum atomic E-state index is 5.75. The molecule has 14 rings (SSSR count). The van der Waals surface area contributed by atoms with Crippen molar-refractivity contribution >= 4 is 124 Å². The average Bonchev–Trinajstić information content (AvgIpc) is 4.04. The Balaban J connectivity index is 1.25. The second kappa shape index (κ2) is 10.3. The lowest BCUT2D eigenvalue weighted by molar-refractivity contribution is 0.979. The maximum absolute atomic E-state index is 5.75. The smallest absolute Gasteiger partial charge is 0.237 e. The summed E-state index contributed by atoms with van der Waals surface area (Å²) in [5.41, 5.74) is 9.11. The summed E-state index contributed by atoms with van der Waals surface area (Å²) in [6.45, 7) is 0. The summed E-state index contributed by atoms with van der Waals surface area (Å²) >= 11 is 1.77. The van der Waals surface area contributed by atoms with Gasteiger partial charge in [-0.2, -0.15) is 4.98 Å². The van der Waals surface area contributed by atoms with E-state index in [0.29, 0.717) is 5.95 Å². The number of thiophene rings is 1. The molecule has 0 aliphatic carbocycles. The fourth-order valence-electron chi connectivity index (χ4n) is 9.86. The van der Waals surface area contributed by atoms with Crippen molar-refractivity contribution in [3.63, 3.8) is 0 Å². The fraction of sp³-hybridized carbons (Fsp3) is 0. The van der Waals surface area contributed by atoms with Gasteiger partial charge >= 0.3 is 0 Å². The highest BCUT2D eigenvalue weighted by Crippen LogP contribution is 2.47. The van der Waals surface area contributed by atoms with Crippen LogP contribution in [0.3, 0.4) is 0 Å². The van der Waals surface area contributed by atoms with Crippen molar-refractivity contribution in [2.45, 2.75) is 0 Å². The molecule has 0 fully saturated rings. The van der Waals surface area contributed by atoms with Crippen LogP contribution in [0.1, 0.15) is 0 Å². The second-order valence-corrected chi connectivity index (χ2v) is 16.0. The van der Waals surface area contributed by atoms with E-state index in [1.54, 1.807) is 11.3 Å². The minimum absolute atomic E-state index is 0.663. The zero-order valence-electron chi connectivity index (χ0n) is 29.7. The van der Waals surface area contributed by atoms with Crippen LogP contribution in [0, 0.1) is 0 Å². The third kappa shape index (κ3) is 3.51. The third-order valence-corrected chi connectivity index (χ3v) is 13.3. The predicted molar refractivity (Wildman–Crippen MR) is 236 cm³/mol. The summed E-state index contributed by atoms with van der Waals surface area (Å²) in [4.78, 5) is 11.4. The topological polar surface area (TPSA) is 40.0 Å². The van der Waals surface area contributed by atoms with Crippen LogP contribution in [0.25, 0.3) is 125 Å². The van der Waals surface area contributed by atoms with Crippen LogP contribution >= 0.6 is 11.3 Å². The molecule has 6 heteroatoms. The Morgan fingerprint density at radius 3 is 1.68 bits per heavy atom. The standard InChI is InChI=1S/C50H27N5S/c1-2-14-29-26-42-35(25-28(29)13-1)37-27-36-32-17-5-8-20-38(32)53-41-23-11-6-18-33(41)44(46(36)53)47(37)55(42)50-51-45-34-19-7-12-24-43(34)56-48(45)49(52-50)54-39-21-9-3-15-30(39)31-16-4-10-22-40(31)54/h1-27H. The molecule has 0 amide bonds. The summed E-state index contributed by atoms with van der Waals surface area (Å²) in [5, 5.41) is 13.3. The highest BCUT2D eigenvalue weighted by atomic mass is 32.1. The molecule has 258 valence electrons. The Morgan fingerprint density at radius 1 is 0.393 bits per heavy atom. The van der Waals surface area contributed by atoms with Crippen LogP contribution < -0.4 is 0 Å². The number of rotatable bonds is 2. The molecule has 8 aromatic carbocycles. The Bertz CT molecular complexity index is 3960. The molecule has 6 aromatic heterocycles. The van der Waals surface area contributed by atoms with Crippen molar-refractivity contribution in [1.29, 1.82) is 0 Å². The normalized spacial score (nSPS) is 12.6. The summed E-state index contributed by atoms with van der Waals surface area (Å²) in [6.07, 6.45) is 0. The molecule has 0 atom stereocenters. The molecule has 6 heterocycles. The van der Waals surface area contributed by atoms with Crippen LogP contribution in [0.2, 0.25) is 0 Å². The number of hydrogen-bond donors (Lipinski definition) is 0. The summed E-state index contributed by atoms with van der Waals surface area (Å²) in [5.74, 6) is 1.56. The molecule has 14 aromatic rings. The van der Waals surface area contributed by atoms with Crippen LogP contribution in [0.4, 0.5) is 0 Å². The Kier molecular flexibility index (Phi) is 5.34. The molecule has 0 aliphatic heterocycles. The molecule has 0 bridgehead atoms. The van der Waals surface area contributed by atoms with E-state index < -0.39 is 0 Å². The van der Waals surface area contributed by atoms with Gasteiger partial charge in [-0.3, -0.25) is 9.13 Å². The predicted octanol–water partition coefficient (Wildman–Crippen LogP) is 13.3. The fourth-order valence-corrected chi connectivity index (χ4v) is 11.0. The monoisotopic (exact) mass is 729 g/mol. The average molecular weight is 730 g/mol. The van der Waals surface area contributed by atoms with Crippen LogP contribution in [0.5, 0.6) is 0 Å². The second-order valence-electron chi connectivity index (χ2n) is 15.0. The van der Waals surface area contributed by atoms with Gasteiger partial charge in [-0.05, 0) is 59.3 Å². The molecule has 56 heavy (non-hydrogen) atoms. The van der Waals surface area contributed by atoms with E-state index in [9.17, 15) is 0 Å². The zero-order valence-corrected chi connectivity index (χ0v) is 30.5. The lowest BCUT2D eigenvalue weighted by atomic mass is 10.0. The van der Waals surface area contributed by atoms with Gasteiger partial charge in [0.1, 0.15) is 0 Å². The van der Waals surface area contributed by atoms with Crippen molar-refractivity contribution in [3.8, 4) is 11.8 Å². The molecule has 0 saturated heterocycles. The number of para-hydroxylation sites is 4. The van der Waals surface area contributed by atoms with Gasteiger partial charge in [-0.25, -0.2) is 4.98 Å². The molecule has 0 radical (unpaired) electrons. The Labute approximate surface area is 321 Å². The van der Waals surface area contributed by atoms with E-state index in [4.69, 9.17) is 9.97 Å². The molecular formula is C50H27N5S. The molecule has 0 N–H and O–H groups in total. The van der Waals surface area contributed by atoms with Gasteiger partial charge in [0.15, 0.2) is 5.82 Å². The first-order valence-electron chi connectivity index (χ1n) is 19.0. The van der Waals surface area contributed by atoms with Gasteiger partial charge in [-0.15, -0.1) is 11.3 Å². The molecule has 0 saturated carbocycles. The van der Waals surface area contributed by atoms with Gasteiger partial charge in [0.25, 0.3) is 0 Å². The van der Waals surface area contributed by atoms with Gasteiger partial charge in [0.2, 0.25) is 5.95 Å². The largest absolute Gasteiger partial charge is 0.308 e. The van der Waals surface area contributed by atoms with E-state index >= 15 is 0 Å². The molecule has 5 nitrogen and oxygen atoms in total. The quantitative estimate of drug-likeness (QED) is 0.178. The lowest BCUT2D eigenvalue weighted by Gasteiger charge is -2.13. The van der Waals surface area contributed by atoms with Crippen molar-refractivity contribution in [2.24, 2.45) is 0 Å². The van der Waals surface area contributed by atoms with Gasteiger partial charge < -0.3 is 4.40 Å². The maximum Gasteiger partial charge on any atom is 0.237 e. The first kappa shape index (κ1) is 29.1. The molecule has 0 spiro atoms. The van der Waals surface area contributed by atoms with Gasteiger partial charge in [0.05, 0.1) is 48.8 Å². The Hall–Kier alpha value is -7.28. The van der Waals surface area contributed by atoms with E-state index in [0.717, 1.165) is 43.5 Å². The number of benzene rings is 8. The van der Waals surface area contributed by atoms with Crippen LogP contribution in [0.15, 0.2) is 164 Å². The molecule has 0 aliphatic rings. The number of hydrogen-bond acceptors (Lipinski definition) is 3. The van der Waals surface area contributed by atoms with Crippen molar-refractivity contribution in [2.75, 3.05) is 0 Å². The number of aromatic nitrogens is 5. The third-order valence-electron chi connectivity index (χ3n) is 12.1. The van der Waals surface area contributed by atoms with E-state index in [2.05, 4.69) is 177 Å². The van der Waals surface area contributed by atoms with Crippen molar-refractivity contribution < 1.29 is 0 Å². The summed E-state index contributed by atoms with van der Waals surface area (Å²) < 4.78 is 9.47. The first-order chi connectivity index (χ1) is 27.8. The van der Waals surface area contributed by atoms with E-state index in [1.807, 2.05) is 0 Å². The van der Waals surface area contributed by atoms with E-state index in [1.165, 1.54) is 75.1 Å². The van der Waals surface area contributed by atoms with Crippen LogP contribution in [-0.4, -0.2) is 23.5 Å². The zero-order chi connectivity index (χ0) is 36.2. The van der Waals surface area contributed by atoms with E-state index in [-0.39, 0.29) is 0 Å². The number of fused-ring (bicyclic) bond motifs is 17. The van der Waals surface area contributed by atoms with Crippen molar-refractivity contribution in [3.05, 3.63) is 164 Å². The number of nitrogens with zero attached hydrogens (tertiary/aromatic N) is 5. The summed E-state index contributed by atoms with van der Waals surface area (Å²) in [7, 11) is 0. The highest BCUT2D eigenvalue weighted by Gasteiger charge is 2.27.